The van der Waals surface area contributed by atoms with Crippen LogP contribution in [0.1, 0.15) is 31.7 Å². The molecule has 22 heavy (non-hydrogen) atoms. The summed E-state index contributed by atoms with van der Waals surface area (Å²) in [5, 5.41) is 3.15. The van der Waals surface area contributed by atoms with Gasteiger partial charge >= 0.3 is 0 Å². The molecule has 2 aliphatic heterocycles. The van der Waals surface area contributed by atoms with Crippen molar-refractivity contribution >= 4 is 24.2 Å². The average Bonchev–Trinajstić information content (AvgIpc) is 2.79. The van der Waals surface area contributed by atoms with Crippen LogP contribution in [0.15, 0.2) is 54.6 Å². The second-order valence-electron chi connectivity index (χ2n) is 7.30. The first-order valence-electron chi connectivity index (χ1n) is 8.31. The summed E-state index contributed by atoms with van der Waals surface area (Å²) in [5.74, 6) is 0.454. The molecule has 4 rings (SSSR count). The lowest BCUT2D eigenvalue weighted by Gasteiger charge is -2.33. The molecule has 2 bridgehead atoms. The normalized spacial score (nSPS) is 30.5. The van der Waals surface area contributed by atoms with Crippen molar-refractivity contribution < 1.29 is 4.79 Å². The van der Waals surface area contributed by atoms with Gasteiger partial charge in [-0.2, -0.15) is 0 Å². The molecule has 0 radical (unpaired) electrons. The van der Waals surface area contributed by atoms with Gasteiger partial charge in [0, 0.05) is 12.8 Å². The van der Waals surface area contributed by atoms with Crippen molar-refractivity contribution in [2.75, 3.05) is 0 Å². The monoisotopic (exact) mass is 306 g/mol. The molecule has 2 atom stereocenters. The molecule has 0 saturated carbocycles. The summed E-state index contributed by atoms with van der Waals surface area (Å²) in [6.07, 6.45) is 2.56. The molecule has 1 nitrogen and oxygen atoms in total. The summed E-state index contributed by atoms with van der Waals surface area (Å²) in [7, 11) is -1.72. The molecule has 0 aliphatic carbocycles. The summed E-state index contributed by atoms with van der Waals surface area (Å²) in [6, 6.07) is 22.5. The average molecular weight is 306 g/mol. The highest BCUT2D eigenvalue weighted by Gasteiger charge is 2.53. The van der Waals surface area contributed by atoms with Crippen LogP contribution in [0, 0.1) is 0 Å². The van der Waals surface area contributed by atoms with Crippen molar-refractivity contribution in [1.29, 1.82) is 0 Å². The van der Waals surface area contributed by atoms with Gasteiger partial charge in [0.25, 0.3) is 0 Å². The fraction of sp³-hybridized carbons (Fsp3) is 0.350. The summed E-state index contributed by atoms with van der Waals surface area (Å²) in [4.78, 5) is 12.3. The maximum absolute atomic E-state index is 12.3. The minimum Gasteiger partial charge on any atom is -0.300 e. The van der Waals surface area contributed by atoms with Gasteiger partial charge < -0.3 is 0 Å². The summed E-state index contributed by atoms with van der Waals surface area (Å²) >= 11 is 0. The Morgan fingerprint density at radius 1 is 1.00 bits per heavy atom. The van der Waals surface area contributed by atoms with Gasteiger partial charge in [0.05, 0.1) is 0 Å². The van der Waals surface area contributed by atoms with Crippen LogP contribution in [0.2, 0.25) is 12.1 Å². The van der Waals surface area contributed by atoms with Gasteiger partial charge in [-0.05, 0) is 29.5 Å². The molecule has 0 aromatic heterocycles. The molecule has 112 valence electrons. The topological polar surface area (TPSA) is 17.1 Å². The highest BCUT2D eigenvalue weighted by Crippen LogP contribution is 2.45. The van der Waals surface area contributed by atoms with Crippen LogP contribution >= 0.6 is 0 Å². The molecule has 2 aliphatic rings. The van der Waals surface area contributed by atoms with Crippen LogP contribution in [0.3, 0.4) is 0 Å². The number of rotatable bonds is 1. The molecule has 1 fully saturated rings. The number of hydrogen-bond donors (Lipinski definition) is 0. The molecule has 0 spiro atoms. The van der Waals surface area contributed by atoms with Gasteiger partial charge in [-0.15, -0.1) is 0 Å². The quantitative estimate of drug-likeness (QED) is 0.739. The molecule has 0 amide bonds. The number of carbonyl (C=O) groups is 1. The Morgan fingerprint density at radius 3 is 2.55 bits per heavy atom. The first-order chi connectivity index (χ1) is 10.6. The highest BCUT2D eigenvalue weighted by molar-refractivity contribution is 7.03. The minimum atomic E-state index is -1.72. The van der Waals surface area contributed by atoms with Crippen LogP contribution in [0.25, 0.3) is 0 Å². The van der Waals surface area contributed by atoms with Crippen molar-refractivity contribution in [1.82, 2.24) is 0 Å². The molecule has 2 heterocycles. The molecule has 0 N–H and O–H groups in total. The molecule has 1 saturated heterocycles. The SMILES string of the molecule is C[C@@]12CC(=O)CCC[Si@@](c3ccccc3)(C1)c1ccccc12. The van der Waals surface area contributed by atoms with Gasteiger partial charge in [-0.3, -0.25) is 4.79 Å². The Hall–Kier alpha value is -1.67. The Bertz CT molecular complexity index is 723. The molecular formula is C20H22OSi. The van der Waals surface area contributed by atoms with E-state index in [4.69, 9.17) is 0 Å². The zero-order valence-corrected chi connectivity index (χ0v) is 14.1. The number of ketones is 1. The van der Waals surface area contributed by atoms with Crippen molar-refractivity contribution in [3.8, 4) is 0 Å². The molecule has 0 unspecified atom stereocenters. The van der Waals surface area contributed by atoms with Gasteiger partial charge in [-0.1, -0.05) is 71.9 Å². The molecule has 2 aromatic carbocycles. The van der Waals surface area contributed by atoms with Crippen LogP contribution in [-0.2, 0) is 10.2 Å². The summed E-state index contributed by atoms with van der Waals surface area (Å²) in [6.45, 7) is 2.33. The third kappa shape index (κ3) is 1.93. The van der Waals surface area contributed by atoms with Crippen molar-refractivity contribution in [2.24, 2.45) is 0 Å². The van der Waals surface area contributed by atoms with E-state index in [1.807, 2.05) is 0 Å². The second kappa shape index (κ2) is 4.92. The fourth-order valence-corrected chi connectivity index (χ4v) is 10.9. The number of carbonyl (C=O) groups excluding carboxylic acids is 1. The van der Waals surface area contributed by atoms with E-state index < -0.39 is 8.07 Å². The van der Waals surface area contributed by atoms with Crippen LogP contribution in [-0.4, -0.2) is 13.9 Å². The lowest BCUT2D eigenvalue weighted by molar-refractivity contribution is -0.120. The van der Waals surface area contributed by atoms with Crippen molar-refractivity contribution in [3.63, 3.8) is 0 Å². The van der Waals surface area contributed by atoms with Crippen LogP contribution in [0.4, 0.5) is 0 Å². The highest BCUT2D eigenvalue weighted by atomic mass is 28.3. The maximum atomic E-state index is 12.3. The lowest BCUT2D eigenvalue weighted by atomic mass is 9.79. The predicted molar refractivity (Wildman–Crippen MR) is 93.7 cm³/mol. The largest absolute Gasteiger partial charge is 0.300 e. The third-order valence-electron chi connectivity index (χ3n) is 5.76. The maximum Gasteiger partial charge on any atom is 0.133 e. The first kappa shape index (κ1) is 14.0. The first-order valence-corrected chi connectivity index (χ1v) is 10.7. The van der Waals surface area contributed by atoms with Gasteiger partial charge in [0.2, 0.25) is 0 Å². The Morgan fingerprint density at radius 2 is 1.73 bits per heavy atom. The minimum absolute atomic E-state index is 0.0517. The molecule has 2 heteroatoms. The standard InChI is InChI=1S/C20H22OSi/c1-20-14-16(21)8-7-13-22(15-20,17-9-3-2-4-10-17)19-12-6-5-11-18(19)20/h2-6,9-12H,7-8,13-15H2,1H3/t20-,22+/m1/s1. The number of fused-ring (bicyclic) bond motifs is 5. The number of benzene rings is 2. The van der Waals surface area contributed by atoms with E-state index >= 15 is 0 Å². The van der Waals surface area contributed by atoms with Crippen molar-refractivity contribution in [2.45, 2.75) is 43.7 Å². The van der Waals surface area contributed by atoms with Gasteiger partial charge in [0.1, 0.15) is 13.9 Å². The molecular weight excluding hydrogens is 284 g/mol. The Balaban J connectivity index is 1.96. The lowest BCUT2D eigenvalue weighted by Crippen LogP contribution is -2.56. The van der Waals surface area contributed by atoms with E-state index in [1.54, 1.807) is 10.4 Å². The zero-order valence-electron chi connectivity index (χ0n) is 13.1. The summed E-state index contributed by atoms with van der Waals surface area (Å²) in [5.41, 5.74) is 1.51. The summed E-state index contributed by atoms with van der Waals surface area (Å²) < 4.78 is 0. The third-order valence-corrected chi connectivity index (χ3v) is 11.3. The van der Waals surface area contributed by atoms with E-state index in [2.05, 4.69) is 61.5 Å². The molecule has 2 aromatic rings. The van der Waals surface area contributed by atoms with E-state index in [0.29, 0.717) is 5.78 Å². The van der Waals surface area contributed by atoms with E-state index in [9.17, 15) is 4.79 Å². The number of Topliss-reactive ketones (excluding diaryl/α,β-unsaturated/α-hetero) is 1. The Kier molecular flexibility index (Phi) is 3.12. The predicted octanol–water partition coefficient (Wildman–Crippen LogP) is 3.27. The van der Waals surface area contributed by atoms with Crippen LogP contribution < -0.4 is 10.4 Å². The van der Waals surface area contributed by atoms with E-state index in [0.717, 1.165) is 19.3 Å². The fourth-order valence-electron chi connectivity index (χ4n) is 4.93. The van der Waals surface area contributed by atoms with Crippen molar-refractivity contribution in [3.05, 3.63) is 60.2 Å². The zero-order chi connectivity index (χ0) is 15.2. The smallest absolute Gasteiger partial charge is 0.133 e. The van der Waals surface area contributed by atoms with Gasteiger partial charge in [-0.25, -0.2) is 0 Å². The Labute approximate surface area is 133 Å². The number of hydrogen-bond acceptors (Lipinski definition) is 1. The van der Waals surface area contributed by atoms with E-state index in [1.165, 1.54) is 17.7 Å². The van der Waals surface area contributed by atoms with Crippen LogP contribution in [0.5, 0.6) is 0 Å². The second-order valence-corrected chi connectivity index (χ2v) is 11.4. The van der Waals surface area contributed by atoms with E-state index in [-0.39, 0.29) is 5.41 Å². The van der Waals surface area contributed by atoms with Gasteiger partial charge in [0.15, 0.2) is 0 Å².